The lowest BCUT2D eigenvalue weighted by Crippen LogP contribution is -2.45. The Morgan fingerprint density at radius 1 is 0.864 bits per heavy atom. The van der Waals surface area contributed by atoms with E-state index in [1.54, 1.807) is 0 Å². The molecule has 0 spiro atoms. The topological polar surface area (TPSA) is 166 Å². The van der Waals surface area contributed by atoms with Gasteiger partial charge >= 0.3 is 11.1 Å². The lowest BCUT2D eigenvalue weighted by molar-refractivity contribution is -0.222. The van der Waals surface area contributed by atoms with Crippen LogP contribution in [0.5, 0.6) is 0 Å². The second-order valence-electron chi connectivity index (χ2n) is 4.31. The fourth-order valence-corrected chi connectivity index (χ4v) is 1.21. The van der Waals surface area contributed by atoms with Gasteiger partial charge in [-0.25, -0.2) is 4.79 Å². The summed E-state index contributed by atoms with van der Waals surface area (Å²) in [6, 6.07) is 0. The Morgan fingerprint density at radius 3 is 1.59 bits per heavy atom. The summed E-state index contributed by atoms with van der Waals surface area (Å²) in [6.07, 6.45) is -3.94. The number of aliphatic hydroxyl groups excluding tert-OH is 6. The molecule has 0 saturated heterocycles. The van der Waals surface area contributed by atoms with E-state index in [2.05, 4.69) is 17.4 Å². The van der Waals surface area contributed by atoms with Gasteiger partial charge in [0, 0.05) is 0 Å². The molecule has 0 rings (SSSR count). The fraction of sp³-hybridized carbons (Fsp3) is 0.909. The average molecular weight is 346 g/mol. The first-order chi connectivity index (χ1) is 10.3. The minimum Gasteiger partial charge on any atom is -0.458 e. The molecular formula is C11H22O10S. The molecule has 0 aliphatic heterocycles. The summed E-state index contributed by atoms with van der Waals surface area (Å²) in [7, 11) is 0. The maximum Gasteiger partial charge on any atom is 0.378 e. The Labute approximate surface area is 132 Å². The van der Waals surface area contributed by atoms with Crippen molar-refractivity contribution in [3.63, 3.8) is 0 Å². The third kappa shape index (κ3) is 8.22. The zero-order valence-electron chi connectivity index (χ0n) is 11.7. The first-order valence-electron chi connectivity index (χ1n) is 6.33. The van der Waals surface area contributed by atoms with E-state index >= 15 is 0 Å². The van der Waals surface area contributed by atoms with Gasteiger partial charge in [-0.1, -0.05) is 0 Å². The molecule has 11 heteroatoms. The monoisotopic (exact) mass is 346 g/mol. The van der Waals surface area contributed by atoms with Crippen molar-refractivity contribution in [3.8, 4) is 0 Å². The standard InChI is InChI=1S/C11H22O10S/c12-1-7(15)4-19-10(18)11(22,20-5-8(16)2-13)21-6-9(17)3-14/h7-9,12-17,22H,1-6H2. The molecule has 0 radical (unpaired) electrons. The van der Waals surface area contributed by atoms with E-state index in [9.17, 15) is 15.0 Å². The van der Waals surface area contributed by atoms with Crippen LogP contribution in [0.4, 0.5) is 0 Å². The molecule has 6 N–H and O–H groups in total. The van der Waals surface area contributed by atoms with E-state index in [0.717, 1.165) is 0 Å². The van der Waals surface area contributed by atoms with Crippen molar-refractivity contribution in [2.45, 2.75) is 23.4 Å². The van der Waals surface area contributed by atoms with Gasteiger partial charge in [0.1, 0.15) is 24.9 Å². The summed E-state index contributed by atoms with van der Waals surface area (Å²) in [5, 5.41) is 51.2. The Morgan fingerprint density at radius 2 is 1.23 bits per heavy atom. The van der Waals surface area contributed by atoms with E-state index in [0.29, 0.717) is 0 Å². The predicted molar refractivity (Wildman–Crippen MR) is 73.9 cm³/mol. The van der Waals surface area contributed by atoms with Crippen molar-refractivity contribution in [1.82, 2.24) is 0 Å². The lowest BCUT2D eigenvalue weighted by Gasteiger charge is -2.28. The highest BCUT2D eigenvalue weighted by atomic mass is 32.1. The Kier molecular flexibility index (Phi) is 10.8. The van der Waals surface area contributed by atoms with Gasteiger partial charge in [0.25, 0.3) is 0 Å². The largest absolute Gasteiger partial charge is 0.458 e. The van der Waals surface area contributed by atoms with Gasteiger partial charge in [-0.15, -0.1) is 12.6 Å². The number of carbonyl (C=O) groups excluding carboxylic acids is 1. The van der Waals surface area contributed by atoms with Crippen LogP contribution in [0.3, 0.4) is 0 Å². The van der Waals surface area contributed by atoms with Gasteiger partial charge in [-0.2, -0.15) is 0 Å². The quantitative estimate of drug-likeness (QED) is 0.106. The van der Waals surface area contributed by atoms with E-state index in [-0.39, 0.29) is 0 Å². The van der Waals surface area contributed by atoms with Crippen LogP contribution < -0.4 is 0 Å². The van der Waals surface area contributed by atoms with Crippen molar-refractivity contribution in [2.24, 2.45) is 0 Å². The van der Waals surface area contributed by atoms with Crippen LogP contribution in [-0.2, 0) is 19.0 Å². The molecule has 0 aromatic heterocycles. The predicted octanol–water partition coefficient (Wildman–Crippen LogP) is -3.79. The summed E-state index contributed by atoms with van der Waals surface area (Å²) in [6.45, 7) is -3.54. The maximum absolute atomic E-state index is 11.9. The summed E-state index contributed by atoms with van der Waals surface area (Å²) in [5.41, 5.74) is 0. The highest BCUT2D eigenvalue weighted by Gasteiger charge is 2.40. The minimum absolute atomic E-state index is 0.535. The maximum atomic E-state index is 11.9. The van der Waals surface area contributed by atoms with Crippen LogP contribution in [0.15, 0.2) is 0 Å². The minimum atomic E-state index is -2.35. The van der Waals surface area contributed by atoms with E-state index < -0.39 is 69.0 Å². The highest BCUT2D eigenvalue weighted by molar-refractivity contribution is 7.82. The summed E-state index contributed by atoms with van der Waals surface area (Å²) in [4.78, 5) is 11.9. The van der Waals surface area contributed by atoms with Crippen molar-refractivity contribution >= 4 is 18.6 Å². The van der Waals surface area contributed by atoms with Crippen LogP contribution in [-0.4, -0.2) is 99.7 Å². The third-order valence-corrected chi connectivity index (χ3v) is 2.68. The molecule has 3 atom stereocenters. The summed E-state index contributed by atoms with van der Waals surface area (Å²) < 4.78 is 14.5. The number of rotatable bonds is 12. The van der Waals surface area contributed by atoms with Crippen LogP contribution in [0.2, 0.25) is 0 Å². The van der Waals surface area contributed by atoms with E-state index in [1.165, 1.54) is 0 Å². The van der Waals surface area contributed by atoms with Crippen LogP contribution in [0.1, 0.15) is 0 Å². The van der Waals surface area contributed by atoms with Crippen molar-refractivity contribution in [2.75, 3.05) is 39.6 Å². The lowest BCUT2D eigenvalue weighted by atomic mass is 10.4. The molecule has 0 aliphatic carbocycles. The number of hydrogen-bond donors (Lipinski definition) is 7. The Balaban J connectivity index is 4.69. The molecule has 132 valence electrons. The van der Waals surface area contributed by atoms with E-state index in [1.807, 2.05) is 0 Å². The van der Waals surface area contributed by atoms with Gasteiger partial charge in [-0.3, -0.25) is 0 Å². The summed E-state index contributed by atoms with van der Waals surface area (Å²) >= 11 is 3.82. The SMILES string of the molecule is O=C(OCC(O)CO)C(S)(OCC(O)CO)OCC(O)CO. The number of carbonyl (C=O) groups is 1. The van der Waals surface area contributed by atoms with Gasteiger partial charge < -0.3 is 44.8 Å². The van der Waals surface area contributed by atoms with Crippen LogP contribution in [0.25, 0.3) is 0 Å². The molecule has 0 aliphatic rings. The second-order valence-corrected chi connectivity index (χ2v) is 4.90. The van der Waals surface area contributed by atoms with Crippen LogP contribution in [0, 0.1) is 0 Å². The Bertz CT molecular complexity index is 301. The molecule has 0 saturated carbocycles. The first-order valence-corrected chi connectivity index (χ1v) is 6.78. The molecule has 0 heterocycles. The molecule has 3 unspecified atom stereocenters. The zero-order chi connectivity index (χ0) is 17.2. The molecule has 0 aromatic rings. The number of hydrogen-bond acceptors (Lipinski definition) is 11. The number of esters is 1. The van der Waals surface area contributed by atoms with Gasteiger partial charge in [0.15, 0.2) is 0 Å². The first kappa shape index (κ1) is 21.5. The van der Waals surface area contributed by atoms with Gasteiger partial charge in [0.2, 0.25) is 0 Å². The molecular weight excluding hydrogens is 324 g/mol. The van der Waals surface area contributed by atoms with Crippen molar-refractivity contribution in [3.05, 3.63) is 0 Å². The number of aliphatic hydroxyl groups is 6. The molecule has 0 amide bonds. The molecule has 22 heavy (non-hydrogen) atoms. The second kappa shape index (κ2) is 11.1. The normalized spacial score (nSPS) is 18.3. The smallest absolute Gasteiger partial charge is 0.378 e. The van der Waals surface area contributed by atoms with Crippen molar-refractivity contribution < 1.29 is 49.6 Å². The number of ether oxygens (including phenoxy) is 3. The van der Waals surface area contributed by atoms with Crippen molar-refractivity contribution in [1.29, 1.82) is 0 Å². The highest BCUT2D eigenvalue weighted by Crippen LogP contribution is 2.21. The average Bonchev–Trinajstić information content (AvgIpc) is 2.54. The third-order valence-electron chi connectivity index (χ3n) is 2.24. The Hall–Kier alpha value is -0.500. The summed E-state index contributed by atoms with van der Waals surface area (Å²) in [5.74, 6) is -1.21. The number of thiol groups is 1. The molecule has 10 nitrogen and oxygen atoms in total. The van der Waals surface area contributed by atoms with Gasteiger partial charge in [-0.05, 0) is 0 Å². The van der Waals surface area contributed by atoms with Gasteiger partial charge in [0.05, 0.1) is 33.0 Å². The molecule has 0 fully saturated rings. The van der Waals surface area contributed by atoms with Crippen LogP contribution >= 0.6 is 12.6 Å². The fourth-order valence-electron chi connectivity index (χ4n) is 0.999. The molecule has 0 bridgehead atoms. The zero-order valence-corrected chi connectivity index (χ0v) is 12.6. The van der Waals surface area contributed by atoms with E-state index in [4.69, 9.17) is 29.9 Å². The molecule has 0 aromatic carbocycles.